The van der Waals surface area contributed by atoms with Crippen molar-refractivity contribution in [2.45, 2.75) is 65.1 Å². The van der Waals surface area contributed by atoms with Gasteiger partial charge in [-0.1, -0.05) is 27.7 Å². The molecule has 0 saturated heterocycles. The average molecular weight is 444 g/mol. The van der Waals surface area contributed by atoms with E-state index in [2.05, 4.69) is 20.9 Å². The zero-order valence-electron chi connectivity index (χ0n) is 18.7. The molecule has 0 aliphatic rings. The Kier molecular flexibility index (Phi) is 12.9. The van der Waals surface area contributed by atoms with Crippen molar-refractivity contribution in [2.75, 3.05) is 13.1 Å². The van der Waals surface area contributed by atoms with Crippen LogP contribution in [0.1, 0.15) is 47.0 Å². The number of hydrogen-bond donors (Lipinski definition) is 7. The van der Waals surface area contributed by atoms with Crippen LogP contribution in [0.15, 0.2) is 4.99 Å². The minimum absolute atomic E-state index is 0.0436. The van der Waals surface area contributed by atoms with E-state index in [1.54, 1.807) is 13.8 Å². The number of nitrogens with two attached hydrogens (primary N) is 3. The summed E-state index contributed by atoms with van der Waals surface area (Å²) in [5, 5.41) is 16.3. The molecule has 0 aliphatic carbocycles. The molecule has 12 nitrogen and oxygen atoms in total. The molecular weight excluding hydrogens is 406 g/mol. The largest absolute Gasteiger partial charge is 0.480 e. The fourth-order valence-corrected chi connectivity index (χ4v) is 2.70. The molecule has 3 unspecified atom stereocenters. The molecule has 31 heavy (non-hydrogen) atoms. The van der Waals surface area contributed by atoms with Crippen LogP contribution in [-0.2, 0) is 19.2 Å². The first-order chi connectivity index (χ1) is 14.3. The lowest BCUT2D eigenvalue weighted by Gasteiger charge is -2.26. The topological polar surface area (TPSA) is 215 Å². The van der Waals surface area contributed by atoms with E-state index in [1.807, 2.05) is 13.8 Å². The molecule has 10 N–H and O–H groups in total. The van der Waals surface area contributed by atoms with Crippen molar-refractivity contribution in [1.82, 2.24) is 16.0 Å². The molecule has 0 bridgehead atoms. The minimum atomic E-state index is -1.19. The lowest BCUT2D eigenvalue weighted by Crippen LogP contribution is -2.57. The van der Waals surface area contributed by atoms with Gasteiger partial charge in [-0.05, 0) is 31.1 Å². The van der Waals surface area contributed by atoms with Crippen molar-refractivity contribution in [3.8, 4) is 0 Å². The Balaban J connectivity index is 5.04. The van der Waals surface area contributed by atoms with Crippen molar-refractivity contribution < 1.29 is 24.3 Å². The number of hydrogen-bond acceptors (Lipinski definition) is 6. The average Bonchev–Trinajstić information content (AvgIpc) is 2.65. The number of nitrogens with one attached hydrogen (secondary N) is 3. The minimum Gasteiger partial charge on any atom is -0.480 e. The van der Waals surface area contributed by atoms with Gasteiger partial charge in [-0.2, -0.15) is 0 Å². The first-order valence-corrected chi connectivity index (χ1v) is 10.3. The summed E-state index contributed by atoms with van der Waals surface area (Å²) < 4.78 is 0. The van der Waals surface area contributed by atoms with Gasteiger partial charge in [0.2, 0.25) is 17.7 Å². The van der Waals surface area contributed by atoms with Crippen LogP contribution in [0, 0.1) is 11.8 Å². The maximum absolute atomic E-state index is 12.8. The van der Waals surface area contributed by atoms with Gasteiger partial charge in [-0.3, -0.25) is 24.2 Å². The van der Waals surface area contributed by atoms with Crippen molar-refractivity contribution in [1.29, 1.82) is 0 Å². The maximum atomic E-state index is 12.8. The fourth-order valence-electron chi connectivity index (χ4n) is 2.70. The second kappa shape index (κ2) is 14.2. The Morgan fingerprint density at radius 2 is 1.58 bits per heavy atom. The number of carbonyl (C=O) groups is 4. The number of nitrogens with zero attached hydrogens (tertiary/aromatic N) is 1. The van der Waals surface area contributed by atoms with Gasteiger partial charge < -0.3 is 38.3 Å². The van der Waals surface area contributed by atoms with Gasteiger partial charge >= 0.3 is 5.97 Å². The molecule has 3 atom stereocenters. The van der Waals surface area contributed by atoms with Crippen molar-refractivity contribution in [3.05, 3.63) is 0 Å². The molecule has 0 spiro atoms. The molecule has 0 aromatic rings. The van der Waals surface area contributed by atoms with Crippen molar-refractivity contribution >= 4 is 29.7 Å². The lowest BCUT2D eigenvalue weighted by molar-refractivity contribution is -0.138. The number of guanidine groups is 1. The quantitative estimate of drug-likeness (QED) is 0.0924. The lowest BCUT2D eigenvalue weighted by atomic mass is 9.99. The first kappa shape index (κ1) is 28.1. The Morgan fingerprint density at radius 3 is 2.06 bits per heavy atom. The normalized spacial score (nSPS) is 13.8. The van der Waals surface area contributed by atoms with Crippen LogP contribution >= 0.6 is 0 Å². The maximum Gasteiger partial charge on any atom is 0.322 e. The van der Waals surface area contributed by atoms with E-state index in [1.165, 1.54) is 0 Å². The molecule has 0 radical (unpaired) electrons. The van der Waals surface area contributed by atoms with E-state index < -0.39 is 48.4 Å². The second-order valence-electron chi connectivity index (χ2n) is 8.09. The molecule has 0 saturated carbocycles. The Hall–Kier alpha value is -2.89. The number of carboxylic acids is 1. The summed E-state index contributed by atoms with van der Waals surface area (Å²) in [6, 6.07) is -2.70. The summed E-state index contributed by atoms with van der Waals surface area (Å²) in [7, 11) is 0. The molecule has 0 aliphatic heterocycles. The summed E-state index contributed by atoms with van der Waals surface area (Å²) in [4.78, 5) is 52.1. The van der Waals surface area contributed by atoms with Crippen LogP contribution in [-0.4, -0.2) is 66.0 Å². The van der Waals surface area contributed by atoms with E-state index in [0.29, 0.717) is 25.8 Å². The first-order valence-electron chi connectivity index (χ1n) is 10.3. The zero-order chi connectivity index (χ0) is 24.1. The van der Waals surface area contributed by atoms with E-state index in [-0.39, 0.29) is 17.8 Å². The van der Waals surface area contributed by atoms with E-state index in [9.17, 15) is 19.2 Å². The zero-order valence-corrected chi connectivity index (χ0v) is 18.7. The fraction of sp³-hybridized carbons (Fsp3) is 0.737. The van der Waals surface area contributed by atoms with Crippen LogP contribution < -0.4 is 33.2 Å². The molecule has 3 amide bonds. The van der Waals surface area contributed by atoms with Gasteiger partial charge in [0.1, 0.15) is 18.6 Å². The molecule has 12 heteroatoms. The third kappa shape index (κ3) is 12.4. The van der Waals surface area contributed by atoms with Crippen LogP contribution in [0.2, 0.25) is 0 Å². The highest BCUT2D eigenvalue weighted by molar-refractivity contribution is 5.93. The standard InChI is InChI=1S/C19H37N7O5/c1-10(2)8-13(17(30)24-9-14(27)28)25-18(31)15(11(3)4)26-16(29)12(20)6-5-7-23-19(21)22/h10-13,15H,5-9,20H2,1-4H3,(H,24,30)(H,25,31)(H,26,29)(H,27,28)(H4,21,22,23). The molecule has 0 aromatic heterocycles. The second-order valence-corrected chi connectivity index (χ2v) is 8.09. The number of rotatable bonds is 14. The SMILES string of the molecule is CC(C)CC(NC(=O)C(NC(=O)C(N)CCCN=C(N)N)C(C)C)C(=O)NCC(=O)O. The molecule has 0 aromatic carbocycles. The number of carbonyl (C=O) groups excluding carboxylic acids is 3. The van der Waals surface area contributed by atoms with Crippen molar-refractivity contribution in [3.63, 3.8) is 0 Å². The van der Waals surface area contributed by atoms with Gasteiger partial charge in [0.25, 0.3) is 0 Å². The Labute approximate surface area is 182 Å². The number of aliphatic carboxylic acids is 1. The highest BCUT2D eigenvalue weighted by Crippen LogP contribution is 2.08. The van der Waals surface area contributed by atoms with Gasteiger partial charge in [0.15, 0.2) is 5.96 Å². The van der Waals surface area contributed by atoms with Crippen LogP contribution in [0.4, 0.5) is 0 Å². The van der Waals surface area contributed by atoms with Crippen LogP contribution in [0.25, 0.3) is 0 Å². The highest BCUT2D eigenvalue weighted by atomic mass is 16.4. The van der Waals surface area contributed by atoms with Gasteiger partial charge in [0, 0.05) is 6.54 Å². The number of carboxylic acid groups (broad SMARTS) is 1. The molecule has 0 fully saturated rings. The van der Waals surface area contributed by atoms with Gasteiger partial charge in [0.05, 0.1) is 6.04 Å². The summed E-state index contributed by atoms with van der Waals surface area (Å²) in [5.74, 6) is -3.11. The smallest absolute Gasteiger partial charge is 0.322 e. The monoisotopic (exact) mass is 443 g/mol. The summed E-state index contributed by atoms with van der Waals surface area (Å²) >= 11 is 0. The molecule has 178 valence electrons. The summed E-state index contributed by atoms with van der Waals surface area (Å²) in [6.45, 7) is 7.01. The van der Waals surface area contributed by atoms with Gasteiger partial charge in [-0.15, -0.1) is 0 Å². The third-order valence-electron chi connectivity index (χ3n) is 4.31. The van der Waals surface area contributed by atoms with E-state index in [4.69, 9.17) is 22.3 Å². The van der Waals surface area contributed by atoms with Crippen molar-refractivity contribution in [2.24, 2.45) is 34.0 Å². The number of aliphatic imine (C=N–C) groups is 1. The number of amides is 3. The van der Waals surface area contributed by atoms with E-state index in [0.717, 1.165) is 0 Å². The van der Waals surface area contributed by atoms with Gasteiger partial charge in [-0.25, -0.2) is 0 Å². The summed E-state index contributed by atoms with van der Waals surface area (Å²) in [6.07, 6.45) is 1.12. The molecule has 0 rings (SSSR count). The predicted octanol–water partition coefficient (Wildman–Crippen LogP) is -1.76. The van der Waals surface area contributed by atoms with E-state index >= 15 is 0 Å². The van der Waals surface area contributed by atoms with Crippen LogP contribution in [0.3, 0.4) is 0 Å². The van der Waals surface area contributed by atoms with Crippen LogP contribution in [0.5, 0.6) is 0 Å². The predicted molar refractivity (Wildman–Crippen MR) is 117 cm³/mol. The Morgan fingerprint density at radius 1 is 0.968 bits per heavy atom. The highest BCUT2D eigenvalue weighted by Gasteiger charge is 2.30. The Bertz CT molecular complexity index is 648. The molecular formula is C19H37N7O5. The third-order valence-corrected chi connectivity index (χ3v) is 4.31. The summed E-state index contributed by atoms with van der Waals surface area (Å²) in [5.41, 5.74) is 16.4. The molecule has 0 heterocycles.